The van der Waals surface area contributed by atoms with Gasteiger partial charge >= 0.3 is 0 Å². The number of phenols is 1. The average molecular weight is 355 g/mol. The molecule has 1 N–H and O–H groups in total. The van der Waals surface area contributed by atoms with Gasteiger partial charge in [0.15, 0.2) is 0 Å². The molecule has 2 nitrogen and oxygen atoms in total. The first kappa shape index (κ1) is 16.1. The monoisotopic (exact) mass is 355 g/mol. The number of nitrogens with zero attached hydrogens (tertiary/aromatic N) is 1. The van der Waals surface area contributed by atoms with E-state index in [9.17, 15) is 5.11 Å². The fourth-order valence-corrected chi connectivity index (χ4v) is 7.96. The summed E-state index contributed by atoms with van der Waals surface area (Å²) in [5.41, 5.74) is 0. The van der Waals surface area contributed by atoms with Crippen molar-refractivity contribution in [2.75, 3.05) is 0 Å². The van der Waals surface area contributed by atoms with Crippen LogP contribution in [0.5, 0.6) is 5.75 Å². The van der Waals surface area contributed by atoms with Crippen molar-refractivity contribution in [1.82, 2.24) is 0 Å². The van der Waals surface area contributed by atoms with Crippen molar-refractivity contribution in [3.05, 3.63) is 84.9 Å². The van der Waals surface area contributed by atoms with E-state index in [0.717, 1.165) is 15.9 Å². The first-order chi connectivity index (χ1) is 11.3. The van der Waals surface area contributed by atoms with Gasteiger partial charge in [-0.1, -0.05) is 60.7 Å². The Morgan fingerprint density at radius 1 is 0.696 bits per heavy atom. The Hall–Kier alpha value is -1.79. The summed E-state index contributed by atoms with van der Waals surface area (Å²) in [6, 6.07) is 27.9. The van der Waals surface area contributed by atoms with E-state index in [2.05, 4.69) is 24.3 Å². The minimum atomic E-state index is -2.18. The van der Waals surface area contributed by atoms with Crippen molar-refractivity contribution in [2.45, 2.75) is 0 Å². The molecule has 3 rings (SSSR count). The van der Waals surface area contributed by atoms with Crippen LogP contribution in [0.4, 0.5) is 0 Å². The molecule has 0 aliphatic carbocycles. The van der Waals surface area contributed by atoms with Crippen LogP contribution in [-0.2, 0) is 11.8 Å². The largest absolute Gasteiger partial charge is 0.508 e. The van der Waals surface area contributed by atoms with Gasteiger partial charge in [0.1, 0.15) is 13.3 Å². The maximum Gasteiger partial charge on any atom is 0.115 e. The first-order valence-corrected chi connectivity index (χ1v) is 10.7. The van der Waals surface area contributed by atoms with E-state index in [0.29, 0.717) is 7.51 Å². The number of benzene rings is 3. The summed E-state index contributed by atoms with van der Waals surface area (Å²) in [5.74, 6) is 0.254. The third-order valence-corrected chi connectivity index (χ3v) is 8.81. The standard InChI is InChI=1S/C18H15NOP2S/c20-15-11-13-18(14-12-15)22(19-21-23,16-7-3-1-4-8-16)17-9-5-2-6-10-17/h1-14,20H. The summed E-state index contributed by atoms with van der Waals surface area (Å²) >= 11 is 5.21. The molecule has 0 heterocycles. The molecule has 114 valence electrons. The zero-order chi connectivity index (χ0) is 16.1. The van der Waals surface area contributed by atoms with Crippen LogP contribution in [0.3, 0.4) is 0 Å². The number of aromatic hydroxyl groups is 1. The molecule has 3 aromatic carbocycles. The summed E-state index contributed by atoms with van der Waals surface area (Å²) in [6.45, 7) is 0. The van der Waals surface area contributed by atoms with Gasteiger partial charge in [0.25, 0.3) is 0 Å². The van der Waals surface area contributed by atoms with Crippen molar-refractivity contribution in [3.8, 4) is 5.75 Å². The summed E-state index contributed by atoms with van der Waals surface area (Å²) < 4.78 is 4.91. The van der Waals surface area contributed by atoms with Crippen molar-refractivity contribution < 1.29 is 5.11 Å². The molecule has 0 radical (unpaired) electrons. The quantitative estimate of drug-likeness (QED) is 0.712. The van der Waals surface area contributed by atoms with Crippen LogP contribution in [0.1, 0.15) is 0 Å². The van der Waals surface area contributed by atoms with E-state index >= 15 is 0 Å². The van der Waals surface area contributed by atoms with Gasteiger partial charge in [-0.25, -0.2) is 4.52 Å². The highest BCUT2D eigenvalue weighted by atomic mass is 32.4. The van der Waals surface area contributed by atoms with E-state index in [1.165, 1.54) is 0 Å². The second-order valence-corrected chi connectivity index (χ2v) is 9.18. The van der Waals surface area contributed by atoms with Crippen LogP contribution in [0.15, 0.2) is 89.4 Å². The van der Waals surface area contributed by atoms with E-state index in [1.807, 2.05) is 48.5 Å². The Morgan fingerprint density at radius 3 is 1.57 bits per heavy atom. The van der Waals surface area contributed by atoms with E-state index in [4.69, 9.17) is 16.3 Å². The van der Waals surface area contributed by atoms with Gasteiger partial charge in [0, 0.05) is 15.9 Å². The molecule has 0 saturated heterocycles. The molecule has 0 aliphatic heterocycles. The second kappa shape index (κ2) is 7.19. The molecular weight excluding hydrogens is 340 g/mol. The molecule has 5 heteroatoms. The zero-order valence-electron chi connectivity index (χ0n) is 12.3. The Morgan fingerprint density at radius 2 is 1.13 bits per heavy atom. The number of phenolic OH excluding ortho intramolecular Hbond substituents is 1. The highest BCUT2D eigenvalue weighted by Gasteiger charge is 2.26. The van der Waals surface area contributed by atoms with E-state index < -0.39 is 7.05 Å². The van der Waals surface area contributed by atoms with Crippen molar-refractivity contribution in [1.29, 1.82) is 0 Å². The van der Waals surface area contributed by atoms with Gasteiger partial charge in [-0.3, -0.25) is 0 Å². The van der Waals surface area contributed by atoms with Gasteiger partial charge in [0.2, 0.25) is 0 Å². The Bertz CT molecular complexity index is 806. The van der Waals surface area contributed by atoms with Crippen LogP contribution in [0.25, 0.3) is 0 Å². The number of hydrogen-bond donors (Lipinski definition) is 1. The molecule has 0 aromatic heterocycles. The van der Waals surface area contributed by atoms with Crippen LogP contribution in [0, 0.1) is 0 Å². The third kappa shape index (κ3) is 3.14. The minimum Gasteiger partial charge on any atom is -0.508 e. The third-order valence-electron chi connectivity index (χ3n) is 3.65. The molecule has 3 aromatic rings. The van der Waals surface area contributed by atoms with E-state index in [1.54, 1.807) is 12.1 Å². The summed E-state index contributed by atoms with van der Waals surface area (Å²) in [7, 11) is -1.59. The lowest BCUT2D eigenvalue weighted by atomic mass is 10.3. The van der Waals surface area contributed by atoms with Crippen LogP contribution < -0.4 is 15.9 Å². The molecule has 0 amide bonds. The molecule has 0 fully saturated rings. The molecule has 0 aliphatic rings. The lowest BCUT2D eigenvalue weighted by molar-refractivity contribution is 0.475. The fourth-order valence-electron chi connectivity index (χ4n) is 2.61. The second-order valence-electron chi connectivity index (χ2n) is 4.99. The van der Waals surface area contributed by atoms with Crippen LogP contribution in [0.2, 0.25) is 0 Å². The first-order valence-electron chi connectivity index (χ1n) is 7.12. The maximum atomic E-state index is 9.65. The predicted molar refractivity (Wildman–Crippen MR) is 104 cm³/mol. The summed E-state index contributed by atoms with van der Waals surface area (Å²) in [6.07, 6.45) is 0. The molecule has 0 unspecified atom stereocenters. The van der Waals surface area contributed by atoms with Crippen molar-refractivity contribution in [3.63, 3.8) is 0 Å². The lowest BCUT2D eigenvalue weighted by Crippen LogP contribution is -2.24. The topological polar surface area (TPSA) is 32.6 Å². The number of hydrogen-bond acceptors (Lipinski definition) is 2. The van der Waals surface area contributed by atoms with Crippen LogP contribution in [-0.4, -0.2) is 5.11 Å². The van der Waals surface area contributed by atoms with Gasteiger partial charge in [-0.2, -0.15) is 0 Å². The number of rotatable bonds is 4. The molecule has 0 spiro atoms. The van der Waals surface area contributed by atoms with Gasteiger partial charge < -0.3 is 5.11 Å². The summed E-state index contributed by atoms with van der Waals surface area (Å²) in [4.78, 5) is 0. The van der Waals surface area contributed by atoms with Gasteiger partial charge in [-0.05, 0) is 36.1 Å². The smallest absolute Gasteiger partial charge is 0.115 e. The molecule has 23 heavy (non-hydrogen) atoms. The normalized spacial score (nSPS) is 11.3. The Balaban J connectivity index is 2.39. The predicted octanol–water partition coefficient (Wildman–Crippen LogP) is 4.19. The zero-order valence-corrected chi connectivity index (χ0v) is 14.9. The van der Waals surface area contributed by atoms with E-state index in [-0.39, 0.29) is 5.75 Å². The SMILES string of the molecule is Oc1ccc(P(=NP=S)(c2ccccc2)c2ccccc2)cc1. The molecular formula is C18H15NOP2S. The molecule has 0 atom stereocenters. The molecule has 0 bridgehead atoms. The highest BCUT2D eigenvalue weighted by Crippen LogP contribution is 2.48. The Kier molecular flexibility index (Phi) is 5.03. The van der Waals surface area contributed by atoms with Gasteiger partial charge in [0.05, 0.1) is 7.05 Å². The summed E-state index contributed by atoms with van der Waals surface area (Å²) in [5, 5.41) is 13.1. The highest BCUT2D eigenvalue weighted by molar-refractivity contribution is 8.00. The Labute approximate surface area is 142 Å². The maximum absolute atomic E-state index is 9.65. The molecule has 0 saturated carbocycles. The lowest BCUT2D eigenvalue weighted by Gasteiger charge is -2.25. The van der Waals surface area contributed by atoms with Gasteiger partial charge in [-0.15, -0.1) is 0 Å². The minimum absolute atomic E-state index is 0.254. The fraction of sp³-hybridized carbons (Fsp3) is 0. The van der Waals surface area contributed by atoms with Crippen LogP contribution >= 0.6 is 14.6 Å². The van der Waals surface area contributed by atoms with Crippen molar-refractivity contribution in [2.24, 2.45) is 4.52 Å². The van der Waals surface area contributed by atoms with Crippen molar-refractivity contribution >= 4 is 42.3 Å². The average Bonchev–Trinajstić information content (AvgIpc) is 2.62.